The van der Waals surface area contributed by atoms with Crippen molar-refractivity contribution in [3.8, 4) is 0 Å². The maximum Gasteiger partial charge on any atom is 0.227 e. The number of ether oxygens (including phenoxy) is 1. The van der Waals surface area contributed by atoms with Gasteiger partial charge in [-0.3, -0.25) is 4.79 Å². The van der Waals surface area contributed by atoms with E-state index in [0.717, 1.165) is 44.7 Å². The molecular weight excluding hydrogens is 285 g/mol. The highest BCUT2D eigenvalue weighted by Gasteiger charge is 2.21. The van der Waals surface area contributed by atoms with Gasteiger partial charge in [0.05, 0.1) is 13.2 Å². The quantitative estimate of drug-likeness (QED) is 0.891. The van der Waals surface area contributed by atoms with Crippen LogP contribution in [-0.2, 0) is 9.53 Å². The second-order valence-corrected chi connectivity index (χ2v) is 5.81. The number of rotatable bonds is 3. The maximum absolute atomic E-state index is 13.9. The molecule has 2 aliphatic heterocycles. The minimum Gasteiger partial charge on any atom is -0.378 e. The van der Waals surface area contributed by atoms with Crippen LogP contribution in [-0.4, -0.2) is 45.3 Å². The SMILES string of the molecule is O=C(Nc1cc(F)cc(N2CCOCC2)c1)C1CCNCC1. The molecule has 2 heterocycles. The molecule has 0 spiro atoms. The van der Waals surface area contributed by atoms with Crippen molar-refractivity contribution in [3.05, 3.63) is 24.0 Å². The van der Waals surface area contributed by atoms with E-state index in [2.05, 4.69) is 15.5 Å². The fourth-order valence-electron chi connectivity index (χ4n) is 2.98. The molecule has 22 heavy (non-hydrogen) atoms. The van der Waals surface area contributed by atoms with Crippen LogP contribution >= 0.6 is 0 Å². The Morgan fingerprint density at radius 2 is 1.95 bits per heavy atom. The van der Waals surface area contributed by atoms with E-state index < -0.39 is 0 Å². The van der Waals surface area contributed by atoms with E-state index in [0.29, 0.717) is 18.9 Å². The normalized spacial score (nSPS) is 20.0. The predicted molar refractivity (Wildman–Crippen MR) is 83.7 cm³/mol. The molecule has 1 aromatic rings. The molecule has 0 aromatic heterocycles. The minimum absolute atomic E-state index is 0.0105. The fourth-order valence-corrected chi connectivity index (χ4v) is 2.98. The Labute approximate surface area is 129 Å². The summed E-state index contributed by atoms with van der Waals surface area (Å²) in [5.41, 5.74) is 1.33. The van der Waals surface area contributed by atoms with Crippen LogP contribution in [0.3, 0.4) is 0 Å². The van der Waals surface area contributed by atoms with Crippen molar-refractivity contribution in [1.29, 1.82) is 0 Å². The van der Waals surface area contributed by atoms with Crippen molar-refractivity contribution < 1.29 is 13.9 Å². The monoisotopic (exact) mass is 307 g/mol. The summed E-state index contributed by atoms with van der Waals surface area (Å²) in [7, 11) is 0. The van der Waals surface area contributed by atoms with Crippen LogP contribution in [0.4, 0.5) is 15.8 Å². The highest BCUT2D eigenvalue weighted by atomic mass is 19.1. The van der Waals surface area contributed by atoms with Gasteiger partial charge in [-0.25, -0.2) is 4.39 Å². The lowest BCUT2D eigenvalue weighted by Crippen LogP contribution is -2.36. The Morgan fingerprint density at radius 1 is 1.23 bits per heavy atom. The topological polar surface area (TPSA) is 53.6 Å². The van der Waals surface area contributed by atoms with Gasteiger partial charge in [0.25, 0.3) is 0 Å². The number of piperidine rings is 1. The Kier molecular flexibility index (Phi) is 4.90. The summed E-state index contributed by atoms with van der Waals surface area (Å²) < 4.78 is 19.2. The largest absolute Gasteiger partial charge is 0.378 e. The number of morpholine rings is 1. The zero-order valence-corrected chi connectivity index (χ0v) is 12.6. The molecule has 0 atom stereocenters. The van der Waals surface area contributed by atoms with Gasteiger partial charge in [-0.05, 0) is 44.1 Å². The lowest BCUT2D eigenvalue weighted by Gasteiger charge is -2.29. The first-order chi connectivity index (χ1) is 10.7. The molecule has 0 saturated carbocycles. The molecule has 3 rings (SSSR count). The average molecular weight is 307 g/mol. The van der Waals surface area contributed by atoms with Gasteiger partial charge in [-0.15, -0.1) is 0 Å². The van der Waals surface area contributed by atoms with Gasteiger partial charge in [0.15, 0.2) is 0 Å². The third-order valence-electron chi connectivity index (χ3n) is 4.24. The number of amides is 1. The Balaban J connectivity index is 1.70. The summed E-state index contributed by atoms with van der Waals surface area (Å²) in [6.45, 7) is 4.50. The third-order valence-corrected chi connectivity index (χ3v) is 4.24. The van der Waals surface area contributed by atoms with Crippen LogP contribution < -0.4 is 15.5 Å². The van der Waals surface area contributed by atoms with Gasteiger partial charge in [-0.1, -0.05) is 0 Å². The molecule has 0 unspecified atom stereocenters. The van der Waals surface area contributed by atoms with E-state index in [1.54, 1.807) is 0 Å². The van der Waals surface area contributed by atoms with Crippen LogP contribution in [0.1, 0.15) is 12.8 Å². The van der Waals surface area contributed by atoms with E-state index in [1.807, 2.05) is 6.07 Å². The molecule has 2 aliphatic rings. The number of anilines is 2. The lowest BCUT2D eigenvalue weighted by molar-refractivity contribution is -0.120. The number of nitrogens with zero attached hydrogens (tertiary/aromatic N) is 1. The van der Waals surface area contributed by atoms with Crippen molar-refractivity contribution in [2.24, 2.45) is 5.92 Å². The van der Waals surface area contributed by atoms with E-state index >= 15 is 0 Å². The standard InChI is InChI=1S/C16H22FN3O2/c17-13-9-14(19-16(21)12-1-3-18-4-2-12)11-15(10-13)20-5-7-22-8-6-20/h9-12,18H,1-8H2,(H,19,21). The minimum atomic E-state index is -0.329. The molecule has 0 radical (unpaired) electrons. The second kappa shape index (κ2) is 7.07. The first-order valence-corrected chi connectivity index (χ1v) is 7.87. The van der Waals surface area contributed by atoms with Crippen molar-refractivity contribution in [2.45, 2.75) is 12.8 Å². The molecule has 2 N–H and O–H groups in total. The van der Waals surface area contributed by atoms with Gasteiger partial charge in [0, 0.05) is 30.4 Å². The smallest absolute Gasteiger partial charge is 0.227 e. The predicted octanol–water partition coefficient (Wildman–Crippen LogP) is 1.60. The molecule has 120 valence electrons. The molecule has 1 amide bonds. The van der Waals surface area contributed by atoms with Crippen LogP contribution in [0.15, 0.2) is 18.2 Å². The number of hydrogen-bond acceptors (Lipinski definition) is 4. The first kappa shape index (κ1) is 15.2. The highest BCUT2D eigenvalue weighted by molar-refractivity contribution is 5.93. The number of halogens is 1. The summed E-state index contributed by atoms with van der Waals surface area (Å²) in [5.74, 6) is -0.332. The molecule has 5 nitrogen and oxygen atoms in total. The van der Waals surface area contributed by atoms with Crippen LogP contribution in [0.5, 0.6) is 0 Å². The maximum atomic E-state index is 13.9. The summed E-state index contributed by atoms with van der Waals surface area (Å²) in [6, 6.07) is 4.72. The lowest BCUT2D eigenvalue weighted by atomic mass is 9.97. The van der Waals surface area contributed by atoms with Gasteiger partial charge >= 0.3 is 0 Å². The fraction of sp³-hybridized carbons (Fsp3) is 0.562. The number of benzene rings is 1. The molecule has 0 aliphatic carbocycles. The number of nitrogens with one attached hydrogen (secondary N) is 2. The second-order valence-electron chi connectivity index (χ2n) is 5.81. The van der Waals surface area contributed by atoms with Crippen LogP contribution in [0.2, 0.25) is 0 Å². The zero-order valence-electron chi connectivity index (χ0n) is 12.6. The Morgan fingerprint density at radius 3 is 2.68 bits per heavy atom. The number of carbonyl (C=O) groups is 1. The van der Waals surface area contributed by atoms with E-state index in [-0.39, 0.29) is 17.6 Å². The van der Waals surface area contributed by atoms with Crippen molar-refractivity contribution >= 4 is 17.3 Å². The van der Waals surface area contributed by atoms with Gasteiger partial charge in [0.2, 0.25) is 5.91 Å². The van der Waals surface area contributed by atoms with E-state index in [4.69, 9.17) is 4.74 Å². The molecule has 6 heteroatoms. The summed E-state index contributed by atoms with van der Waals surface area (Å²) >= 11 is 0. The highest BCUT2D eigenvalue weighted by Crippen LogP contribution is 2.24. The van der Waals surface area contributed by atoms with Gasteiger partial charge in [-0.2, -0.15) is 0 Å². The van der Waals surface area contributed by atoms with Crippen molar-refractivity contribution in [2.75, 3.05) is 49.6 Å². The van der Waals surface area contributed by atoms with Gasteiger partial charge < -0.3 is 20.3 Å². The van der Waals surface area contributed by atoms with Crippen LogP contribution in [0.25, 0.3) is 0 Å². The summed E-state index contributed by atoms with van der Waals surface area (Å²) in [6.07, 6.45) is 1.66. The number of carbonyl (C=O) groups excluding carboxylic acids is 1. The van der Waals surface area contributed by atoms with E-state index in [1.165, 1.54) is 12.1 Å². The first-order valence-electron chi connectivity index (χ1n) is 7.87. The third kappa shape index (κ3) is 3.75. The van der Waals surface area contributed by atoms with Crippen molar-refractivity contribution in [1.82, 2.24) is 5.32 Å². The summed E-state index contributed by atoms with van der Waals surface area (Å²) in [4.78, 5) is 14.3. The average Bonchev–Trinajstić information content (AvgIpc) is 2.56. The molecule has 0 bridgehead atoms. The Bertz CT molecular complexity index is 526. The van der Waals surface area contributed by atoms with Gasteiger partial charge in [0.1, 0.15) is 5.82 Å². The molecular formula is C16H22FN3O2. The molecule has 1 aromatic carbocycles. The number of hydrogen-bond donors (Lipinski definition) is 2. The molecule has 2 fully saturated rings. The molecule has 2 saturated heterocycles. The Hall–Kier alpha value is -1.66. The van der Waals surface area contributed by atoms with Crippen molar-refractivity contribution in [3.63, 3.8) is 0 Å². The summed E-state index contributed by atoms with van der Waals surface area (Å²) in [5, 5.41) is 6.10. The van der Waals surface area contributed by atoms with E-state index in [9.17, 15) is 9.18 Å². The zero-order chi connectivity index (χ0) is 15.4. The van der Waals surface area contributed by atoms with Crippen LogP contribution in [0, 0.1) is 11.7 Å².